The van der Waals surface area contributed by atoms with Crippen LogP contribution < -0.4 is 0 Å². The van der Waals surface area contributed by atoms with Crippen LogP contribution in [0.15, 0.2) is 11.6 Å². The summed E-state index contributed by atoms with van der Waals surface area (Å²) in [6.45, 7) is 9.40. The Hall–Kier alpha value is -1.64. The van der Waals surface area contributed by atoms with Gasteiger partial charge in [-0.2, -0.15) is 0 Å². The fraction of sp³-hybridized carbons (Fsp3) is 0.867. The zero-order valence-corrected chi connectivity index (χ0v) is 23.1. The standard InChI is InChI=1S/C30H45NO7/c1-28-8-5-22(38-27(33)36-16-13-31-11-14-35-15-12-31)18-21(28)3-4-25-24(28)6-9-29(2)23(7-10-30(25,29)34)20-17-26(32)37-19-20/h17,21-25,34H,3-16,18-19H2,1-2H3/t21-,22+,23-,24+,25-,28+,29-,30+/m1/s1. The van der Waals surface area contributed by atoms with E-state index in [4.69, 9.17) is 18.9 Å². The van der Waals surface area contributed by atoms with E-state index in [1.54, 1.807) is 6.08 Å². The van der Waals surface area contributed by atoms with Crippen LogP contribution in [0.3, 0.4) is 0 Å². The molecule has 0 aromatic carbocycles. The SMILES string of the molecule is C[C@]12CC[C@H](OC(=O)OCCN3CCOCC3)C[C@H]1CC[C@@H]1[C@@H]2CC[C@]2(C)[C@@H](C3=CC(=O)OC3)CC[C@]12O. The highest BCUT2D eigenvalue weighted by atomic mass is 16.7. The van der Waals surface area contributed by atoms with Gasteiger partial charge in [0.2, 0.25) is 0 Å². The van der Waals surface area contributed by atoms with Crippen molar-refractivity contribution in [3.63, 3.8) is 0 Å². The molecule has 2 aliphatic heterocycles. The first-order valence-corrected chi connectivity index (χ1v) is 15.0. The molecule has 38 heavy (non-hydrogen) atoms. The molecule has 0 bridgehead atoms. The van der Waals surface area contributed by atoms with E-state index in [-0.39, 0.29) is 34.7 Å². The smallest absolute Gasteiger partial charge is 0.458 e. The van der Waals surface area contributed by atoms with E-state index in [2.05, 4.69) is 18.7 Å². The molecule has 6 aliphatic rings. The number of esters is 1. The molecule has 0 unspecified atom stereocenters. The van der Waals surface area contributed by atoms with Gasteiger partial charge in [-0.3, -0.25) is 4.90 Å². The molecule has 5 fully saturated rings. The Kier molecular flexibility index (Phi) is 7.05. The van der Waals surface area contributed by atoms with Gasteiger partial charge < -0.3 is 24.1 Å². The normalized spacial score (nSPS) is 44.9. The lowest BCUT2D eigenvalue weighted by atomic mass is 9.43. The third-order valence-electron chi connectivity index (χ3n) is 11.9. The largest absolute Gasteiger partial charge is 0.508 e. The summed E-state index contributed by atoms with van der Waals surface area (Å²) >= 11 is 0. The first-order chi connectivity index (χ1) is 18.2. The number of cyclic esters (lactones) is 1. The van der Waals surface area contributed by atoms with E-state index in [9.17, 15) is 14.7 Å². The van der Waals surface area contributed by atoms with Crippen molar-refractivity contribution in [1.29, 1.82) is 0 Å². The molecule has 1 N–H and O–H groups in total. The van der Waals surface area contributed by atoms with Crippen LogP contribution in [0.5, 0.6) is 0 Å². The number of aliphatic hydroxyl groups is 1. The van der Waals surface area contributed by atoms with Crippen LogP contribution in [-0.2, 0) is 23.7 Å². The van der Waals surface area contributed by atoms with E-state index < -0.39 is 11.8 Å². The molecule has 0 aromatic heterocycles. The number of morpholine rings is 1. The van der Waals surface area contributed by atoms with E-state index >= 15 is 0 Å². The summed E-state index contributed by atoms with van der Waals surface area (Å²) in [7, 11) is 0. The Labute approximate surface area is 226 Å². The van der Waals surface area contributed by atoms with Gasteiger partial charge in [0.25, 0.3) is 0 Å². The molecule has 0 amide bonds. The summed E-state index contributed by atoms with van der Waals surface area (Å²) in [5.41, 5.74) is 0.339. The number of nitrogens with zero attached hydrogens (tertiary/aromatic N) is 1. The fourth-order valence-electron chi connectivity index (χ4n) is 9.73. The topological polar surface area (TPSA) is 94.5 Å². The zero-order chi connectivity index (χ0) is 26.5. The third kappa shape index (κ3) is 4.39. The summed E-state index contributed by atoms with van der Waals surface area (Å²) in [6, 6.07) is 0. The number of carbonyl (C=O) groups is 2. The Morgan fingerprint density at radius 3 is 2.66 bits per heavy atom. The Balaban J connectivity index is 1.06. The summed E-state index contributed by atoms with van der Waals surface area (Å²) in [4.78, 5) is 26.5. The van der Waals surface area contributed by atoms with Crippen molar-refractivity contribution < 1.29 is 33.6 Å². The van der Waals surface area contributed by atoms with Crippen LogP contribution in [0.2, 0.25) is 0 Å². The molecule has 0 radical (unpaired) electrons. The predicted molar refractivity (Wildman–Crippen MR) is 139 cm³/mol. The van der Waals surface area contributed by atoms with Crippen LogP contribution >= 0.6 is 0 Å². The maximum absolute atomic E-state index is 12.4. The second-order valence-electron chi connectivity index (χ2n) is 13.4. The average Bonchev–Trinajstić information content (AvgIpc) is 3.44. The Bertz CT molecular complexity index is 962. The van der Waals surface area contributed by atoms with Gasteiger partial charge in [0.15, 0.2) is 0 Å². The molecule has 4 saturated carbocycles. The molecule has 2 heterocycles. The molecule has 8 atom stereocenters. The van der Waals surface area contributed by atoms with Crippen LogP contribution in [-0.4, -0.2) is 79.9 Å². The van der Waals surface area contributed by atoms with Crippen molar-refractivity contribution in [3.8, 4) is 0 Å². The van der Waals surface area contributed by atoms with Gasteiger partial charge in [0, 0.05) is 31.1 Å². The van der Waals surface area contributed by atoms with Crippen molar-refractivity contribution in [3.05, 3.63) is 11.6 Å². The molecule has 8 nitrogen and oxygen atoms in total. The second-order valence-corrected chi connectivity index (χ2v) is 13.4. The van der Waals surface area contributed by atoms with Crippen molar-refractivity contribution in [2.75, 3.05) is 46.1 Å². The highest BCUT2D eigenvalue weighted by Gasteiger charge is 2.67. The van der Waals surface area contributed by atoms with E-state index in [1.165, 1.54) is 0 Å². The molecule has 4 aliphatic carbocycles. The molecular formula is C30H45NO7. The molecule has 0 spiro atoms. The lowest BCUT2D eigenvalue weighted by Gasteiger charge is -2.63. The van der Waals surface area contributed by atoms with Gasteiger partial charge in [-0.1, -0.05) is 13.8 Å². The highest BCUT2D eigenvalue weighted by molar-refractivity contribution is 5.85. The summed E-state index contributed by atoms with van der Waals surface area (Å²) in [5, 5.41) is 12.4. The van der Waals surface area contributed by atoms with Crippen LogP contribution in [0, 0.1) is 34.5 Å². The van der Waals surface area contributed by atoms with Gasteiger partial charge in [-0.15, -0.1) is 0 Å². The van der Waals surface area contributed by atoms with Crippen molar-refractivity contribution in [2.24, 2.45) is 34.5 Å². The number of fused-ring (bicyclic) bond motifs is 5. The van der Waals surface area contributed by atoms with Gasteiger partial charge in [0.1, 0.15) is 19.3 Å². The average molecular weight is 532 g/mol. The van der Waals surface area contributed by atoms with Crippen LogP contribution in [0.1, 0.15) is 71.6 Å². The molecule has 0 aromatic rings. The minimum Gasteiger partial charge on any atom is -0.458 e. The molecule has 8 heteroatoms. The molecule has 6 rings (SSSR count). The minimum absolute atomic E-state index is 0.0832. The number of hydrogen-bond acceptors (Lipinski definition) is 8. The lowest BCUT2D eigenvalue weighted by Crippen LogP contribution is -2.62. The maximum atomic E-state index is 12.4. The van der Waals surface area contributed by atoms with E-state index in [0.29, 0.717) is 25.0 Å². The number of carbonyl (C=O) groups excluding carboxylic acids is 2. The Morgan fingerprint density at radius 2 is 1.89 bits per heavy atom. The number of ether oxygens (including phenoxy) is 4. The summed E-state index contributed by atoms with van der Waals surface area (Å²) in [5.74, 6) is 1.26. The maximum Gasteiger partial charge on any atom is 0.508 e. The first kappa shape index (κ1) is 26.6. The lowest BCUT2D eigenvalue weighted by molar-refractivity contribution is -0.208. The Morgan fingerprint density at radius 1 is 1.08 bits per heavy atom. The summed E-state index contributed by atoms with van der Waals surface area (Å²) < 4.78 is 21.8. The van der Waals surface area contributed by atoms with Gasteiger partial charge >= 0.3 is 12.1 Å². The van der Waals surface area contributed by atoms with Crippen molar-refractivity contribution in [2.45, 2.75) is 83.3 Å². The van der Waals surface area contributed by atoms with Crippen LogP contribution in [0.25, 0.3) is 0 Å². The second kappa shape index (κ2) is 10.1. The quantitative estimate of drug-likeness (QED) is 0.530. The fourth-order valence-corrected chi connectivity index (χ4v) is 9.73. The predicted octanol–water partition coefficient (Wildman–Crippen LogP) is 4.10. The van der Waals surface area contributed by atoms with Crippen molar-refractivity contribution >= 4 is 12.1 Å². The number of rotatable bonds is 5. The van der Waals surface area contributed by atoms with Crippen LogP contribution in [0.4, 0.5) is 4.79 Å². The monoisotopic (exact) mass is 531 g/mol. The molecule has 212 valence electrons. The molecule has 1 saturated heterocycles. The van der Waals surface area contributed by atoms with Gasteiger partial charge in [0.05, 0.1) is 18.8 Å². The minimum atomic E-state index is -0.696. The molecular weight excluding hydrogens is 486 g/mol. The first-order valence-electron chi connectivity index (χ1n) is 15.0. The van der Waals surface area contributed by atoms with Gasteiger partial charge in [-0.25, -0.2) is 9.59 Å². The zero-order valence-electron chi connectivity index (χ0n) is 23.1. The van der Waals surface area contributed by atoms with Gasteiger partial charge in [-0.05, 0) is 92.4 Å². The number of hydrogen-bond donors (Lipinski definition) is 1. The summed E-state index contributed by atoms with van der Waals surface area (Å²) in [6.07, 6.45) is 9.77. The van der Waals surface area contributed by atoms with E-state index in [0.717, 1.165) is 96.2 Å². The van der Waals surface area contributed by atoms with E-state index in [1.807, 2.05) is 0 Å². The van der Waals surface area contributed by atoms with Crippen molar-refractivity contribution in [1.82, 2.24) is 4.90 Å². The third-order valence-corrected chi connectivity index (χ3v) is 11.9. The highest BCUT2D eigenvalue weighted by Crippen LogP contribution is 2.70.